The van der Waals surface area contributed by atoms with Gasteiger partial charge in [-0.3, -0.25) is 0 Å². The second kappa shape index (κ2) is 11.3. The van der Waals surface area contributed by atoms with E-state index in [4.69, 9.17) is 9.47 Å². The Hall–Kier alpha value is -4.58. The van der Waals surface area contributed by atoms with Crippen molar-refractivity contribution in [3.8, 4) is 11.5 Å². The summed E-state index contributed by atoms with van der Waals surface area (Å²) in [6, 6.07) is 31.4. The van der Waals surface area contributed by atoms with Gasteiger partial charge in [-0.1, -0.05) is 48.5 Å². The van der Waals surface area contributed by atoms with Gasteiger partial charge < -0.3 is 20.1 Å². The molecule has 0 aliphatic carbocycles. The Morgan fingerprint density at radius 3 is 1.44 bits per heavy atom. The van der Waals surface area contributed by atoms with Crippen LogP contribution in [0.2, 0.25) is 0 Å². The van der Waals surface area contributed by atoms with Gasteiger partial charge in [0, 0.05) is 46.0 Å². The molecule has 4 aromatic carbocycles. The van der Waals surface area contributed by atoms with Crippen LogP contribution in [0.3, 0.4) is 0 Å². The molecule has 6 nitrogen and oxygen atoms in total. The van der Waals surface area contributed by atoms with Crippen LogP contribution in [0.5, 0.6) is 11.5 Å². The Morgan fingerprint density at radius 1 is 0.559 bits per heavy atom. The van der Waals surface area contributed by atoms with Gasteiger partial charge in [-0.2, -0.15) is 10.2 Å². The predicted octanol–water partition coefficient (Wildman–Crippen LogP) is 6.64. The summed E-state index contributed by atoms with van der Waals surface area (Å²) in [6.45, 7) is 0. The fourth-order valence-corrected chi connectivity index (χ4v) is 3.35. The van der Waals surface area contributed by atoms with E-state index in [2.05, 4.69) is 20.8 Å². The molecule has 0 saturated carbocycles. The highest BCUT2D eigenvalue weighted by atomic mass is 16.5. The van der Waals surface area contributed by atoms with Gasteiger partial charge >= 0.3 is 0 Å². The molecular weight excluding hydrogens is 424 g/mol. The molecule has 4 aromatic rings. The van der Waals surface area contributed by atoms with Crippen molar-refractivity contribution in [1.82, 2.24) is 0 Å². The first kappa shape index (κ1) is 22.6. The summed E-state index contributed by atoms with van der Waals surface area (Å²) in [5.41, 5.74) is 5.56. The van der Waals surface area contributed by atoms with Crippen molar-refractivity contribution in [1.29, 1.82) is 0 Å². The maximum atomic E-state index is 5.31. The van der Waals surface area contributed by atoms with Crippen LogP contribution in [-0.2, 0) is 0 Å². The van der Waals surface area contributed by atoms with Crippen LogP contribution < -0.4 is 20.1 Å². The number of benzene rings is 4. The fourth-order valence-electron chi connectivity index (χ4n) is 3.35. The third kappa shape index (κ3) is 6.01. The van der Waals surface area contributed by atoms with Crippen LogP contribution in [0.1, 0.15) is 11.1 Å². The zero-order valence-electron chi connectivity index (χ0n) is 19.1. The molecule has 0 unspecified atom stereocenters. The number of para-hydroxylation sites is 2. The number of nitrogens with zero attached hydrogens (tertiary/aromatic N) is 2. The van der Waals surface area contributed by atoms with E-state index in [1.54, 1.807) is 26.6 Å². The van der Waals surface area contributed by atoms with Crippen molar-refractivity contribution in [2.45, 2.75) is 0 Å². The third-order valence-corrected chi connectivity index (χ3v) is 5.08. The molecule has 170 valence electrons. The van der Waals surface area contributed by atoms with Crippen molar-refractivity contribution >= 4 is 35.2 Å². The normalized spacial score (nSPS) is 11.0. The van der Waals surface area contributed by atoms with E-state index in [0.717, 1.165) is 45.4 Å². The molecule has 0 spiro atoms. The van der Waals surface area contributed by atoms with E-state index in [1.165, 1.54) is 0 Å². The molecule has 0 bridgehead atoms. The summed E-state index contributed by atoms with van der Waals surface area (Å²) in [7, 11) is 3.31. The zero-order chi connectivity index (χ0) is 23.6. The molecular formula is C28H26N4O2. The minimum absolute atomic E-state index is 0.793. The van der Waals surface area contributed by atoms with Crippen LogP contribution in [0, 0.1) is 0 Å². The van der Waals surface area contributed by atoms with E-state index < -0.39 is 0 Å². The average molecular weight is 451 g/mol. The lowest BCUT2D eigenvalue weighted by atomic mass is 10.2. The fraction of sp³-hybridized carbons (Fsp3) is 0.0714. The molecule has 0 heterocycles. The summed E-state index contributed by atoms with van der Waals surface area (Å²) in [5.74, 6) is 1.59. The minimum atomic E-state index is 0.793. The molecule has 0 saturated heterocycles. The van der Waals surface area contributed by atoms with E-state index in [-0.39, 0.29) is 0 Å². The first-order valence-electron chi connectivity index (χ1n) is 10.8. The van der Waals surface area contributed by atoms with Gasteiger partial charge in [0.25, 0.3) is 0 Å². The number of methoxy groups -OCH3 is 2. The lowest BCUT2D eigenvalue weighted by Crippen LogP contribution is -1.96. The SMILES string of the molecule is COc1cccc(Nc2ccccc2C=NN=Cc2ccccc2Nc2cccc(OC)c2)c1. The van der Waals surface area contributed by atoms with E-state index in [1.807, 2.05) is 97.1 Å². The highest BCUT2D eigenvalue weighted by Gasteiger charge is 2.03. The Balaban J connectivity index is 1.48. The number of anilines is 4. The number of rotatable bonds is 9. The number of ether oxygens (including phenoxy) is 2. The van der Waals surface area contributed by atoms with Gasteiger partial charge in [0.15, 0.2) is 0 Å². The van der Waals surface area contributed by atoms with Crippen molar-refractivity contribution < 1.29 is 9.47 Å². The Bertz CT molecular complexity index is 1200. The number of hydrogen-bond donors (Lipinski definition) is 2. The summed E-state index contributed by atoms with van der Waals surface area (Å²) in [5, 5.41) is 15.4. The summed E-state index contributed by atoms with van der Waals surface area (Å²) in [4.78, 5) is 0. The van der Waals surface area contributed by atoms with E-state index in [9.17, 15) is 0 Å². The maximum Gasteiger partial charge on any atom is 0.120 e. The smallest absolute Gasteiger partial charge is 0.120 e. The summed E-state index contributed by atoms with van der Waals surface area (Å²) >= 11 is 0. The lowest BCUT2D eigenvalue weighted by Gasteiger charge is -2.10. The maximum absolute atomic E-state index is 5.31. The molecule has 34 heavy (non-hydrogen) atoms. The highest BCUT2D eigenvalue weighted by Crippen LogP contribution is 2.24. The van der Waals surface area contributed by atoms with E-state index >= 15 is 0 Å². The summed E-state index contributed by atoms with van der Waals surface area (Å²) < 4.78 is 10.6. The Labute approximate surface area is 199 Å². The van der Waals surface area contributed by atoms with Gasteiger partial charge in [0.2, 0.25) is 0 Å². The number of hydrogen-bond acceptors (Lipinski definition) is 6. The lowest BCUT2D eigenvalue weighted by molar-refractivity contribution is 0.415. The second-order valence-electron chi connectivity index (χ2n) is 7.38. The zero-order valence-corrected chi connectivity index (χ0v) is 19.1. The number of nitrogens with one attached hydrogen (secondary N) is 2. The van der Waals surface area contributed by atoms with Crippen molar-refractivity contribution in [3.63, 3.8) is 0 Å². The standard InChI is InChI=1S/C28H26N4O2/c1-33-25-13-7-11-23(17-25)31-27-15-5-3-9-21(27)19-29-30-20-22-10-4-6-16-28(22)32-24-12-8-14-26(18-24)34-2/h3-20,31-32H,1-2H3. The molecule has 4 rings (SSSR count). The van der Waals surface area contributed by atoms with Crippen LogP contribution in [0.15, 0.2) is 107 Å². The van der Waals surface area contributed by atoms with Crippen LogP contribution >= 0.6 is 0 Å². The van der Waals surface area contributed by atoms with Crippen molar-refractivity contribution in [2.24, 2.45) is 10.2 Å². The monoisotopic (exact) mass is 450 g/mol. The van der Waals surface area contributed by atoms with Gasteiger partial charge in [-0.05, 0) is 36.4 Å². The molecule has 0 atom stereocenters. The third-order valence-electron chi connectivity index (χ3n) is 5.08. The first-order valence-corrected chi connectivity index (χ1v) is 10.8. The predicted molar refractivity (Wildman–Crippen MR) is 141 cm³/mol. The Morgan fingerprint density at radius 2 is 1.00 bits per heavy atom. The van der Waals surface area contributed by atoms with Gasteiger partial charge in [0.1, 0.15) is 11.5 Å². The van der Waals surface area contributed by atoms with Crippen LogP contribution in [0.4, 0.5) is 22.7 Å². The molecule has 0 aromatic heterocycles. The van der Waals surface area contributed by atoms with Crippen LogP contribution in [-0.4, -0.2) is 26.6 Å². The molecule has 0 fully saturated rings. The molecule has 2 N–H and O–H groups in total. The summed E-state index contributed by atoms with van der Waals surface area (Å²) in [6.07, 6.45) is 3.47. The first-order chi connectivity index (χ1) is 16.7. The van der Waals surface area contributed by atoms with Gasteiger partial charge in [0.05, 0.1) is 26.6 Å². The Kier molecular flexibility index (Phi) is 7.54. The topological polar surface area (TPSA) is 67.2 Å². The highest BCUT2D eigenvalue weighted by molar-refractivity contribution is 5.91. The van der Waals surface area contributed by atoms with E-state index in [0.29, 0.717) is 0 Å². The quantitative estimate of drug-likeness (QED) is 0.221. The largest absolute Gasteiger partial charge is 0.497 e. The van der Waals surface area contributed by atoms with Crippen LogP contribution in [0.25, 0.3) is 0 Å². The average Bonchev–Trinajstić information content (AvgIpc) is 2.88. The molecule has 0 radical (unpaired) electrons. The molecule has 0 aliphatic heterocycles. The van der Waals surface area contributed by atoms with Gasteiger partial charge in [-0.25, -0.2) is 0 Å². The molecule has 0 amide bonds. The molecule has 6 heteroatoms. The van der Waals surface area contributed by atoms with Crippen molar-refractivity contribution in [2.75, 3.05) is 24.9 Å². The minimum Gasteiger partial charge on any atom is -0.497 e. The van der Waals surface area contributed by atoms with Crippen molar-refractivity contribution in [3.05, 3.63) is 108 Å². The van der Waals surface area contributed by atoms with Gasteiger partial charge in [-0.15, -0.1) is 0 Å². The second-order valence-corrected chi connectivity index (χ2v) is 7.38. The molecule has 0 aliphatic rings.